The minimum Gasteiger partial charge on any atom is -0.462 e. The van der Waals surface area contributed by atoms with E-state index in [0.717, 1.165) is 89.9 Å². The topological polar surface area (TPSA) is 78.9 Å². The molecule has 6 nitrogen and oxygen atoms in total. The van der Waals surface area contributed by atoms with E-state index < -0.39 is 6.10 Å². The summed E-state index contributed by atoms with van der Waals surface area (Å²) in [6.45, 7) is 6.48. The second kappa shape index (κ2) is 55.0. The van der Waals surface area contributed by atoms with Crippen LogP contribution in [0.25, 0.3) is 0 Å². The first kappa shape index (κ1) is 63.4. The van der Waals surface area contributed by atoms with Crippen LogP contribution in [0.1, 0.15) is 297 Å². The van der Waals surface area contributed by atoms with Crippen molar-refractivity contribution < 1.29 is 28.6 Å². The lowest BCUT2D eigenvalue weighted by molar-refractivity contribution is -0.167. The highest BCUT2D eigenvalue weighted by molar-refractivity contribution is 5.71. The van der Waals surface area contributed by atoms with E-state index in [-0.39, 0.29) is 31.1 Å². The third kappa shape index (κ3) is 52.3. The van der Waals surface area contributed by atoms with Gasteiger partial charge in [-0.1, -0.05) is 268 Å². The van der Waals surface area contributed by atoms with E-state index in [1.807, 2.05) is 0 Å². The molecule has 1 atom stereocenters. The molecule has 0 bridgehead atoms. The molecule has 0 aromatic rings. The Hall–Kier alpha value is -2.63. The molecule has 66 heavy (non-hydrogen) atoms. The number of rotatable bonds is 52. The number of carbonyl (C=O) groups is 3. The van der Waals surface area contributed by atoms with Gasteiger partial charge in [0, 0.05) is 19.3 Å². The highest BCUT2D eigenvalue weighted by atomic mass is 16.6. The predicted molar refractivity (Wildman–Crippen MR) is 284 cm³/mol. The Bertz CT molecular complexity index is 1150. The Balaban J connectivity index is 4.07. The zero-order valence-electron chi connectivity index (χ0n) is 44.0. The van der Waals surface area contributed by atoms with Crippen LogP contribution < -0.4 is 0 Å². The standard InChI is InChI=1S/C60H108O6/c1-4-7-10-13-15-17-19-21-23-25-27-29-30-31-33-34-36-38-40-42-44-47-50-53-59(62)65-56-57(55-64-58(61)52-49-46-12-9-6-3)66-60(63)54-51-48-45-43-41-39-37-35-32-28-26-24-22-20-18-16-14-11-8-5-2/h7,10,15,17,21,23,27,29,57H,4-6,8-9,11-14,16,18-20,22,24-26,28,30-56H2,1-3H3/b10-7-,17-15-,23-21-,29-27-. The number of carbonyl (C=O) groups excluding carboxylic acids is 3. The van der Waals surface area contributed by atoms with Crippen molar-refractivity contribution in [2.75, 3.05) is 13.2 Å². The van der Waals surface area contributed by atoms with E-state index in [1.165, 1.54) is 167 Å². The molecule has 0 N–H and O–H groups in total. The van der Waals surface area contributed by atoms with Gasteiger partial charge in [-0.05, 0) is 57.8 Å². The van der Waals surface area contributed by atoms with Crippen LogP contribution in [0.3, 0.4) is 0 Å². The molecule has 0 heterocycles. The summed E-state index contributed by atoms with van der Waals surface area (Å²) in [4.78, 5) is 37.8. The smallest absolute Gasteiger partial charge is 0.306 e. The maximum absolute atomic E-state index is 12.8. The van der Waals surface area contributed by atoms with Gasteiger partial charge in [0.2, 0.25) is 0 Å². The molecule has 0 aliphatic heterocycles. The average molecular weight is 926 g/mol. The van der Waals surface area contributed by atoms with Crippen LogP contribution in [0.5, 0.6) is 0 Å². The first-order chi connectivity index (χ1) is 32.5. The molecule has 0 saturated heterocycles. The van der Waals surface area contributed by atoms with E-state index >= 15 is 0 Å². The minimum absolute atomic E-state index is 0.0721. The summed E-state index contributed by atoms with van der Waals surface area (Å²) < 4.78 is 16.7. The third-order valence-electron chi connectivity index (χ3n) is 12.6. The molecule has 6 heteroatoms. The molecule has 0 aliphatic carbocycles. The maximum atomic E-state index is 12.8. The molecular formula is C60H108O6. The number of unbranched alkanes of at least 4 members (excludes halogenated alkanes) is 33. The van der Waals surface area contributed by atoms with Crippen molar-refractivity contribution in [3.05, 3.63) is 48.6 Å². The van der Waals surface area contributed by atoms with Crippen LogP contribution in [-0.4, -0.2) is 37.2 Å². The number of hydrogen-bond donors (Lipinski definition) is 0. The fourth-order valence-electron chi connectivity index (χ4n) is 8.32. The van der Waals surface area contributed by atoms with Gasteiger partial charge in [0.05, 0.1) is 0 Å². The number of esters is 3. The lowest BCUT2D eigenvalue weighted by atomic mass is 10.0. The molecule has 0 aromatic carbocycles. The molecule has 0 rings (SSSR count). The largest absolute Gasteiger partial charge is 0.462 e. The summed E-state index contributed by atoms with van der Waals surface area (Å²) in [6.07, 6.45) is 67.2. The molecular weight excluding hydrogens is 817 g/mol. The summed E-state index contributed by atoms with van der Waals surface area (Å²) in [5.41, 5.74) is 0. The molecule has 0 saturated carbocycles. The van der Waals surface area contributed by atoms with Crippen LogP contribution in [-0.2, 0) is 28.6 Å². The Morgan fingerprint density at radius 2 is 0.591 bits per heavy atom. The zero-order valence-corrected chi connectivity index (χ0v) is 44.0. The van der Waals surface area contributed by atoms with Gasteiger partial charge in [-0.15, -0.1) is 0 Å². The fraction of sp³-hybridized carbons (Fsp3) is 0.817. The summed E-state index contributed by atoms with van der Waals surface area (Å²) >= 11 is 0. The first-order valence-corrected chi connectivity index (χ1v) is 28.6. The summed E-state index contributed by atoms with van der Waals surface area (Å²) in [5.74, 6) is -0.876. The van der Waals surface area contributed by atoms with Crippen LogP contribution in [0.15, 0.2) is 48.6 Å². The average Bonchev–Trinajstić information content (AvgIpc) is 3.31. The molecule has 384 valence electrons. The lowest BCUT2D eigenvalue weighted by Crippen LogP contribution is -2.30. The number of ether oxygens (including phenoxy) is 3. The van der Waals surface area contributed by atoms with Crippen molar-refractivity contribution in [1.82, 2.24) is 0 Å². The van der Waals surface area contributed by atoms with Gasteiger partial charge in [0.25, 0.3) is 0 Å². The van der Waals surface area contributed by atoms with Gasteiger partial charge >= 0.3 is 17.9 Å². The molecule has 0 aliphatic rings. The first-order valence-electron chi connectivity index (χ1n) is 28.6. The second-order valence-corrected chi connectivity index (χ2v) is 19.2. The van der Waals surface area contributed by atoms with E-state index in [4.69, 9.17) is 14.2 Å². The Morgan fingerprint density at radius 1 is 0.318 bits per heavy atom. The van der Waals surface area contributed by atoms with Crippen molar-refractivity contribution >= 4 is 17.9 Å². The zero-order chi connectivity index (χ0) is 47.9. The van der Waals surface area contributed by atoms with Crippen LogP contribution in [0.2, 0.25) is 0 Å². The molecule has 0 radical (unpaired) electrons. The van der Waals surface area contributed by atoms with Gasteiger partial charge in [-0.2, -0.15) is 0 Å². The van der Waals surface area contributed by atoms with E-state index in [9.17, 15) is 14.4 Å². The fourth-order valence-corrected chi connectivity index (χ4v) is 8.32. The third-order valence-corrected chi connectivity index (χ3v) is 12.6. The SMILES string of the molecule is CC/C=C\C/C=C\C/C=C\C/C=C\CCCCCCCCCCCCC(=O)OCC(COC(=O)CCCCCCC)OC(=O)CCCCCCCCCCCCCCCCCCCCCC. The van der Waals surface area contributed by atoms with Gasteiger partial charge in [0.15, 0.2) is 6.10 Å². The van der Waals surface area contributed by atoms with Crippen molar-refractivity contribution in [3.8, 4) is 0 Å². The highest BCUT2D eigenvalue weighted by Gasteiger charge is 2.19. The predicted octanol–water partition coefficient (Wildman–Crippen LogP) is 19.0. The second-order valence-electron chi connectivity index (χ2n) is 19.2. The maximum Gasteiger partial charge on any atom is 0.306 e. The van der Waals surface area contributed by atoms with Crippen molar-refractivity contribution in [3.63, 3.8) is 0 Å². The van der Waals surface area contributed by atoms with Crippen molar-refractivity contribution in [2.24, 2.45) is 0 Å². The molecule has 0 amide bonds. The van der Waals surface area contributed by atoms with Crippen molar-refractivity contribution in [2.45, 2.75) is 303 Å². The normalized spacial score (nSPS) is 12.3. The number of hydrogen-bond acceptors (Lipinski definition) is 6. The lowest BCUT2D eigenvalue weighted by Gasteiger charge is -2.18. The van der Waals surface area contributed by atoms with E-state index in [2.05, 4.69) is 69.4 Å². The summed E-state index contributed by atoms with van der Waals surface area (Å²) in [5, 5.41) is 0. The van der Waals surface area contributed by atoms with E-state index in [1.54, 1.807) is 0 Å². The molecule has 1 unspecified atom stereocenters. The molecule has 0 spiro atoms. The van der Waals surface area contributed by atoms with Crippen LogP contribution >= 0.6 is 0 Å². The number of allylic oxidation sites excluding steroid dienone is 8. The van der Waals surface area contributed by atoms with Crippen LogP contribution in [0.4, 0.5) is 0 Å². The quantitative estimate of drug-likeness (QED) is 0.0262. The van der Waals surface area contributed by atoms with E-state index in [0.29, 0.717) is 19.3 Å². The minimum atomic E-state index is -0.768. The highest BCUT2D eigenvalue weighted by Crippen LogP contribution is 2.17. The molecule has 0 aromatic heterocycles. The van der Waals surface area contributed by atoms with Gasteiger partial charge in [-0.25, -0.2) is 0 Å². The monoisotopic (exact) mass is 925 g/mol. The van der Waals surface area contributed by atoms with Gasteiger partial charge in [0.1, 0.15) is 13.2 Å². The van der Waals surface area contributed by atoms with Crippen LogP contribution in [0, 0.1) is 0 Å². The Labute approximate surface area is 409 Å². The van der Waals surface area contributed by atoms with Gasteiger partial charge in [-0.3, -0.25) is 14.4 Å². The molecule has 0 fully saturated rings. The summed E-state index contributed by atoms with van der Waals surface area (Å²) in [6, 6.07) is 0. The Morgan fingerprint density at radius 3 is 0.924 bits per heavy atom. The van der Waals surface area contributed by atoms with Gasteiger partial charge < -0.3 is 14.2 Å². The Kier molecular flexibility index (Phi) is 52.8. The van der Waals surface area contributed by atoms with Crippen molar-refractivity contribution in [1.29, 1.82) is 0 Å². The summed E-state index contributed by atoms with van der Waals surface area (Å²) in [7, 11) is 0.